The van der Waals surface area contributed by atoms with Gasteiger partial charge in [-0.25, -0.2) is 39.1 Å². The predicted octanol–water partition coefficient (Wildman–Crippen LogP) is 12.0. The van der Waals surface area contributed by atoms with E-state index >= 15 is 19.2 Å². The molecule has 4 aliphatic rings. The number of hydrogen-bond acceptors (Lipinski definition) is 21. The molecule has 2 aliphatic heterocycles. The summed E-state index contributed by atoms with van der Waals surface area (Å²) in [4.78, 5) is 95.7. The van der Waals surface area contributed by atoms with Gasteiger partial charge in [0.1, 0.15) is 90.4 Å². The van der Waals surface area contributed by atoms with Crippen molar-refractivity contribution in [1.29, 1.82) is 21.0 Å². The van der Waals surface area contributed by atoms with Gasteiger partial charge in [-0.15, -0.1) is 0 Å². The van der Waals surface area contributed by atoms with Crippen molar-refractivity contribution in [3.8, 4) is 56.7 Å². The van der Waals surface area contributed by atoms with E-state index in [0.29, 0.717) is 27.8 Å². The zero-order chi connectivity index (χ0) is 62.8. The molecule has 7 aromatic carbocycles. The number of ether oxygens (including phenoxy) is 6. The first-order valence-corrected chi connectivity index (χ1v) is 29.5. The molecule has 0 fully saturated rings. The second-order valence-electron chi connectivity index (χ2n) is 20.7. The lowest BCUT2D eigenvalue weighted by molar-refractivity contribution is -0.185. The van der Waals surface area contributed by atoms with Crippen LogP contribution in [0.15, 0.2) is 203 Å². The molecule has 0 bridgehead atoms. The van der Waals surface area contributed by atoms with Gasteiger partial charge < -0.3 is 28.4 Å². The molecule has 4 heterocycles. The first kappa shape index (κ1) is 57.8. The second kappa shape index (κ2) is 24.1. The number of hydrogen-bond donors (Lipinski definition) is 0. The van der Waals surface area contributed by atoms with Crippen LogP contribution in [0.25, 0.3) is 32.0 Å². The first-order chi connectivity index (χ1) is 44.5. The van der Waals surface area contributed by atoms with E-state index in [2.05, 4.69) is 0 Å². The summed E-state index contributed by atoms with van der Waals surface area (Å²) in [6.45, 7) is -1.43. The summed E-state index contributed by atoms with van der Waals surface area (Å²) >= 11 is 1.66. The summed E-state index contributed by atoms with van der Waals surface area (Å²) in [6.07, 6.45) is 0.157. The molecule has 9 aromatic rings. The van der Waals surface area contributed by atoms with Gasteiger partial charge in [-0.1, -0.05) is 193 Å². The minimum absolute atomic E-state index is 0.00777. The van der Waals surface area contributed by atoms with Gasteiger partial charge in [-0.2, -0.15) is 21.0 Å². The van der Waals surface area contributed by atoms with Crippen molar-refractivity contribution >= 4 is 85.2 Å². The summed E-state index contributed by atoms with van der Waals surface area (Å²) in [5.41, 5.74) is -3.05. The fourth-order valence-corrected chi connectivity index (χ4v) is 13.0. The van der Waals surface area contributed by atoms with Gasteiger partial charge in [0, 0.05) is 34.3 Å². The Labute approximate surface area is 525 Å². The minimum Gasteiger partial charge on any atom is -0.458 e. The maximum atomic E-state index is 15.5. The number of thiazole rings is 2. The maximum absolute atomic E-state index is 15.5. The van der Waals surface area contributed by atoms with Gasteiger partial charge in [0.25, 0.3) is 0 Å². The van der Waals surface area contributed by atoms with Crippen molar-refractivity contribution in [1.82, 2.24) is 9.97 Å². The lowest BCUT2D eigenvalue weighted by Gasteiger charge is -2.36. The van der Waals surface area contributed by atoms with Crippen LogP contribution in [-0.4, -0.2) is 51.1 Å². The largest absolute Gasteiger partial charge is 0.458 e. The highest BCUT2D eigenvalue weighted by Crippen LogP contribution is 2.58. The van der Waals surface area contributed by atoms with Crippen molar-refractivity contribution in [2.45, 2.75) is 44.1 Å². The predicted molar refractivity (Wildman–Crippen MR) is 330 cm³/mol. The molecule has 21 heteroatoms. The average Bonchev–Trinajstić information content (AvgIpc) is 1.69. The number of ketones is 1. The molecule has 0 unspecified atom stereocenters. The van der Waals surface area contributed by atoms with E-state index in [1.54, 1.807) is 152 Å². The number of carbonyl (C=O) groups is 5. The van der Waals surface area contributed by atoms with E-state index in [0.717, 1.165) is 28.2 Å². The smallest absolute Gasteiger partial charge is 0.369 e. The topological polar surface area (TPSA) is 286 Å². The molecule has 0 atom stereocenters. The van der Waals surface area contributed by atoms with Gasteiger partial charge in [-0.05, 0) is 51.1 Å². The highest BCUT2D eigenvalue weighted by Gasteiger charge is 2.63. The standard InChI is InChI=1S/C70H40N8O11S2/c71-32-45(33-72)55-47-26-14-13-25-44(47)29-52(55)75-67-77-61-59(90-67)50-30-54-51(31-53(50)88-69(61,63(80)84-36-40-17-5-1-6-18-40)64(81)85-37-41-19-7-2-8-20-41)60-62(78-68(91-60)76-57-56(46(34-73)35-74)48-27-15-16-28-49(48)58(57)79)70(89-54,65(82)86-38-42-21-9-3-10-22-42)66(83)87-39-43-23-11-4-12-24-43/h1-28,30-31H,29,36-39H2. The van der Waals surface area contributed by atoms with Gasteiger partial charge in [0.15, 0.2) is 0 Å². The summed E-state index contributed by atoms with van der Waals surface area (Å²) in [5.74, 6) is -6.10. The lowest BCUT2D eigenvalue weighted by atomic mass is 9.89. The SMILES string of the molecule is N#CC(C#N)=C1C(=Nc2nc3c(s2)-c2cc4c(cc2OC3(C(=O)OCc2ccccc2)C(=O)OCc2ccccc2)-c2sc(N=C3C(=O)c5ccccc5C3=C(C#N)C#N)nc2C(C(=O)OCc2ccccc2)(C(=O)OCc2ccccc2)O4)Cc2ccccc21. The van der Waals surface area contributed by atoms with Crippen LogP contribution < -0.4 is 9.47 Å². The van der Waals surface area contributed by atoms with Crippen molar-refractivity contribution in [2.24, 2.45) is 9.98 Å². The Balaban J connectivity index is 1.04. The van der Waals surface area contributed by atoms with Crippen LogP contribution in [0.1, 0.15) is 60.7 Å². The lowest BCUT2D eigenvalue weighted by Crippen LogP contribution is -2.53. The van der Waals surface area contributed by atoms with Crippen molar-refractivity contribution in [2.75, 3.05) is 0 Å². The Morgan fingerprint density at radius 1 is 0.462 bits per heavy atom. The van der Waals surface area contributed by atoms with Gasteiger partial charge in [0.2, 0.25) is 16.0 Å². The highest BCUT2D eigenvalue weighted by atomic mass is 32.1. The number of aromatic nitrogens is 2. The summed E-state index contributed by atoms with van der Waals surface area (Å²) in [5, 5.41) is 40.6. The molecule has 0 N–H and O–H groups in total. The van der Waals surface area contributed by atoms with E-state index in [4.69, 9.17) is 48.4 Å². The van der Waals surface area contributed by atoms with Crippen molar-refractivity contribution in [3.63, 3.8) is 0 Å². The van der Waals surface area contributed by atoms with Crippen molar-refractivity contribution in [3.05, 3.63) is 249 Å². The molecule has 0 radical (unpaired) electrons. The Morgan fingerprint density at radius 2 is 0.824 bits per heavy atom. The molecule has 0 saturated heterocycles. The molecule has 19 nitrogen and oxygen atoms in total. The van der Waals surface area contributed by atoms with Crippen LogP contribution in [0, 0.1) is 45.3 Å². The van der Waals surface area contributed by atoms with Crippen LogP contribution >= 0.6 is 22.7 Å². The molecule has 0 saturated carbocycles. The molecule has 438 valence electrons. The minimum atomic E-state index is -2.93. The summed E-state index contributed by atoms with van der Waals surface area (Å²) in [7, 11) is 0. The van der Waals surface area contributed by atoms with E-state index in [-0.39, 0.29) is 120 Å². The molecular weight excluding hydrogens is 1190 g/mol. The molecule has 0 spiro atoms. The van der Waals surface area contributed by atoms with E-state index in [9.17, 15) is 25.8 Å². The maximum Gasteiger partial charge on any atom is 0.369 e. The third-order valence-corrected chi connectivity index (χ3v) is 17.2. The quantitative estimate of drug-likeness (QED) is 0.0423. The monoisotopic (exact) mass is 1230 g/mol. The van der Waals surface area contributed by atoms with Gasteiger partial charge in [-0.3, -0.25) is 4.79 Å². The molecule has 13 rings (SSSR count). The van der Waals surface area contributed by atoms with Gasteiger partial charge >= 0.3 is 35.1 Å². The third-order valence-electron chi connectivity index (χ3n) is 15.2. The number of allylic oxidation sites excluding steroid dienone is 4. The highest BCUT2D eigenvalue weighted by molar-refractivity contribution is 7.19. The normalized spacial score (nSPS) is 14.8. The number of Topliss-reactive ketones (excluding diaryl/α,β-unsaturated/α-hetero) is 1. The Kier molecular flexibility index (Phi) is 15.3. The zero-order valence-corrected chi connectivity index (χ0v) is 48.9. The van der Waals surface area contributed by atoms with Crippen molar-refractivity contribution < 1.29 is 52.4 Å². The number of aliphatic imine (C=N–C) groups is 2. The zero-order valence-electron chi connectivity index (χ0n) is 47.2. The summed E-state index contributed by atoms with van der Waals surface area (Å²) < 4.78 is 37.8. The fourth-order valence-electron chi connectivity index (χ4n) is 10.9. The number of nitrogens with zero attached hydrogens (tertiary/aromatic N) is 8. The van der Waals surface area contributed by atoms with E-state index in [1.807, 2.05) is 36.4 Å². The van der Waals surface area contributed by atoms with Crippen LogP contribution in [0.3, 0.4) is 0 Å². The van der Waals surface area contributed by atoms with Crippen LogP contribution in [-0.2, 0) is 82.2 Å². The number of carbonyl (C=O) groups excluding carboxylic acids is 5. The molecule has 2 aliphatic carbocycles. The number of nitriles is 4. The van der Waals surface area contributed by atoms with Gasteiger partial charge in [0.05, 0.1) is 15.5 Å². The number of fused-ring (bicyclic) bond motifs is 8. The van der Waals surface area contributed by atoms with E-state index < -0.39 is 52.1 Å². The number of benzene rings is 7. The Hall–Kier alpha value is -12.3. The van der Waals surface area contributed by atoms with Crippen LogP contribution in [0.4, 0.5) is 10.3 Å². The van der Waals surface area contributed by atoms with Crippen LogP contribution in [0.2, 0.25) is 0 Å². The molecular formula is C70H40N8O11S2. The third kappa shape index (κ3) is 10.3. The summed E-state index contributed by atoms with van der Waals surface area (Å²) in [6, 6.07) is 58.7. The molecule has 2 aromatic heterocycles. The number of esters is 4. The Bertz CT molecular complexity index is 4710. The Morgan fingerprint density at radius 3 is 1.24 bits per heavy atom. The van der Waals surface area contributed by atoms with Crippen LogP contribution in [0.5, 0.6) is 11.5 Å². The number of rotatable bonds is 14. The molecule has 91 heavy (non-hydrogen) atoms. The molecule has 0 amide bonds. The van der Waals surface area contributed by atoms with E-state index in [1.165, 1.54) is 18.2 Å². The fraction of sp³-hybridized carbons (Fsp3) is 0.100. The average molecular weight is 1230 g/mol. The second-order valence-corrected chi connectivity index (χ2v) is 22.6. The first-order valence-electron chi connectivity index (χ1n) is 27.9.